The van der Waals surface area contributed by atoms with E-state index in [2.05, 4.69) is 15.7 Å². The number of nitrogens with zero attached hydrogens (tertiary/aromatic N) is 4. The molecule has 31 heavy (non-hydrogen) atoms. The van der Waals surface area contributed by atoms with Gasteiger partial charge in [-0.1, -0.05) is 16.8 Å². The third-order valence-electron chi connectivity index (χ3n) is 4.77. The van der Waals surface area contributed by atoms with Gasteiger partial charge in [-0.05, 0) is 49.4 Å². The Kier molecular flexibility index (Phi) is 5.55. The highest BCUT2D eigenvalue weighted by molar-refractivity contribution is 6.32. The van der Waals surface area contributed by atoms with Gasteiger partial charge in [0.2, 0.25) is 5.91 Å². The largest absolute Gasteiger partial charge is 0.494 e. The Morgan fingerprint density at radius 1 is 1.19 bits per heavy atom. The van der Waals surface area contributed by atoms with E-state index < -0.39 is 35.6 Å². The van der Waals surface area contributed by atoms with Crippen molar-refractivity contribution in [1.82, 2.24) is 5.01 Å². The van der Waals surface area contributed by atoms with Gasteiger partial charge in [0.05, 0.1) is 17.3 Å². The zero-order chi connectivity index (χ0) is 22.1. The first-order chi connectivity index (χ1) is 14.9. The van der Waals surface area contributed by atoms with E-state index in [1.54, 1.807) is 24.3 Å². The third kappa shape index (κ3) is 3.93. The Bertz CT molecular complexity index is 1080. The van der Waals surface area contributed by atoms with Crippen LogP contribution in [-0.4, -0.2) is 48.0 Å². The number of anilines is 2. The van der Waals surface area contributed by atoms with Gasteiger partial charge in [0.15, 0.2) is 12.1 Å². The summed E-state index contributed by atoms with van der Waals surface area (Å²) in [5.74, 6) is -1.66. The van der Waals surface area contributed by atoms with Crippen LogP contribution in [0.1, 0.15) is 6.92 Å². The molecule has 2 aliphatic heterocycles. The van der Waals surface area contributed by atoms with Crippen LogP contribution in [0.15, 0.2) is 52.8 Å². The predicted molar refractivity (Wildman–Crippen MR) is 109 cm³/mol. The smallest absolute Gasteiger partial charge is 0.263 e. The van der Waals surface area contributed by atoms with Crippen LogP contribution in [0.25, 0.3) is 0 Å². The Morgan fingerprint density at radius 2 is 1.94 bits per heavy atom. The summed E-state index contributed by atoms with van der Waals surface area (Å²) in [7, 11) is 0. The summed E-state index contributed by atoms with van der Waals surface area (Å²) in [4.78, 5) is 38.9. The van der Waals surface area contributed by atoms with E-state index in [0.29, 0.717) is 18.0 Å². The normalized spacial score (nSPS) is 19.7. The lowest BCUT2D eigenvalue weighted by Crippen LogP contribution is -2.43. The fourth-order valence-corrected chi connectivity index (χ4v) is 3.56. The molecule has 0 aliphatic carbocycles. The van der Waals surface area contributed by atoms with Gasteiger partial charge in [0, 0.05) is 5.69 Å². The van der Waals surface area contributed by atoms with Crippen LogP contribution in [0.4, 0.5) is 15.8 Å². The third-order valence-corrected chi connectivity index (χ3v) is 5.06. The summed E-state index contributed by atoms with van der Waals surface area (Å²) in [5.41, 5.74) is 0.669. The molecule has 1 N–H and O–H groups in total. The first-order valence-corrected chi connectivity index (χ1v) is 9.80. The Balaban J connectivity index is 1.45. The lowest BCUT2D eigenvalue weighted by atomic mass is 10.1. The maximum Gasteiger partial charge on any atom is 0.263 e. The first kappa shape index (κ1) is 20.7. The molecule has 1 fully saturated rings. The highest BCUT2D eigenvalue weighted by atomic mass is 35.5. The van der Waals surface area contributed by atoms with Gasteiger partial charge in [0.25, 0.3) is 11.8 Å². The summed E-state index contributed by atoms with van der Waals surface area (Å²) < 4.78 is 18.8. The molecular formula is C20H17ClFN5O4. The average molecular weight is 446 g/mol. The standard InChI is InChI=1S/C20H17ClFN5O4/c1-2-31-13-6-3-11(4-7-13)23-16(28)10-26-18-17(24-25-26)19(29)27(20(18)30)12-5-8-15(22)14(21)9-12/h3-9,17-18H,2,10H2,1H3,(H,23,28)/t17-,18-/m1/s1. The first-order valence-electron chi connectivity index (χ1n) is 9.42. The molecule has 2 aromatic carbocycles. The molecule has 2 aliphatic rings. The van der Waals surface area contributed by atoms with Crippen LogP contribution >= 0.6 is 11.6 Å². The highest BCUT2D eigenvalue weighted by Gasteiger charge is 2.55. The number of ether oxygens (including phenoxy) is 1. The molecule has 0 unspecified atom stereocenters. The quantitative estimate of drug-likeness (QED) is 0.688. The average Bonchev–Trinajstić information content (AvgIpc) is 3.25. The van der Waals surface area contributed by atoms with E-state index in [9.17, 15) is 18.8 Å². The van der Waals surface area contributed by atoms with Gasteiger partial charge in [-0.15, -0.1) is 0 Å². The van der Waals surface area contributed by atoms with Crippen LogP contribution in [0, 0.1) is 5.82 Å². The second-order valence-corrected chi connectivity index (χ2v) is 7.22. The Hall–Kier alpha value is -3.53. The van der Waals surface area contributed by atoms with Crippen molar-refractivity contribution in [2.24, 2.45) is 10.3 Å². The molecule has 0 radical (unpaired) electrons. The summed E-state index contributed by atoms with van der Waals surface area (Å²) >= 11 is 5.77. The molecule has 3 amide bonds. The Labute approximate surface area is 181 Å². The highest BCUT2D eigenvalue weighted by Crippen LogP contribution is 2.33. The van der Waals surface area contributed by atoms with E-state index >= 15 is 0 Å². The van der Waals surface area contributed by atoms with Crippen LogP contribution < -0.4 is 15.0 Å². The minimum atomic E-state index is -1.07. The van der Waals surface area contributed by atoms with Gasteiger partial charge < -0.3 is 10.1 Å². The van der Waals surface area contributed by atoms with Gasteiger partial charge in [-0.3, -0.25) is 19.4 Å². The molecule has 9 nitrogen and oxygen atoms in total. The SMILES string of the molecule is CCOc1ccc(NC(=O)CN2N=N[C@H]3C(=O)N(c4ccc(F)c(Cl)c4)C(=O)[C@@H]32)cc1. The van der Waals surface area contributed by atoms with Crippen molar-refractivity contribution < 1.29 is 23.5 Å². The number of hydrogen-bond donors (Lipinski definition) is 1. The van der Waals surface area contributed by atoms with Gasteiger partial charge in [0.1, 0.15) is 18.1 Å². The number of carbonyl (C=O) groups is 3. The van der Waals surface area contributed by atoms with Crippen LogP contribution in [0.3, 0.4) is 0 Å². The number of halogens is 2. The van der Waals surface area contributed by atoms with E-state index in [1.165, 1.54) is 17.1 Å². The zero-order valence-corrected chi connectivity index (χ0v) is 17.0. The molecule has 0 spiro atoms. The molecule has 2 atom stereocenters. The minimum Gasteiger partial charge on any atom is -0.494 e. The van der Waals surface area contributed by atoms with Gasteiger partial charge in [-0.2, -0.15) is 5.11 Å². The lowest BCUT2D eigenvalue weighted by molar-refractivity contribution is -0.123. The molecule has 11 heteroatoms. The van der Waals surface area contributed by atoms with Crippen molar-refractivity contribution >= 4 is 40.7 Å². The number of carbonyl (C=O) groups excluding carboxylic acids is 3. The molecule has 0 saturated carbocycles. The van der Waals surface area contributed by atoms with E-state index in [0.717, 1.165) is 11.0 Å². The monoisotopic (exact) mass is 445 g/mol. The zero-order valence-electron chi connectivity index (χ0n) is 16.3. The number of imide groups is 1. The molecule has 4 rings (SSSR count). The second kappa shape index (κ2) is 8.31. The van der Waals surface area contributed by atoms with Crippen molar-refractivity contribution in [2.45, 2.75) is 19.0 Å². The molecule has 2 heterocycles. The number of nitrogens with one attached hydrogen (secondary N) is 1. The van der Waals surface area contributed by atoms with Gasteiger partial charge in [-0.25, -0.2) is 9.29 Å². The number of fused-ring (bicyclic) bond motifs is 1. The molecular weight excluding hydrogens is 429 g/mol. The second-order valence-electron chi connectivity index (χ2n) is 6.81. The Morgan fingerprint density at radius 3 is 2.61 bits per heavy atom. The van der Waals surface area contributed by atoms with Crippen LogP contribution in [-0.2, 0) is 14.4 Å². The fourth-order valence-electron chi connectivity index (χ4n) is 3.38. The number of benzene rings is 2. The van der Waals surface area contributed by atoms with Gasteiger partial charge >= 0.3 is 0 Å². The molecule has 160 valence electrons. The summed E-state index contributed by atoms with van der Waals surface area (Å²) in [6.45, 7) is 2.12. The van der Waals surface area contributed by atoms with Crippen molar-refractivity contribution in [3.05, 3.63) is 53.3 Å². The predicted octanol–water partition coefficient (Wildman–Crippen LogP) is 2.81. The van der Waals surface area contributed by atoms with E-state index in [1.807, 2.05) is 6.92 Å². The molecule has 2 aromatic rings. The van der Waals surface area contributed by atoms with Crippen molar-refractivity contribution in [2.75, 3.05) is 23.4 Å². The molecule has 1 saturated heterocycles. The fraction of sp³-hybridized carbons (Fsp3) is 0.250. The number of amides is 3. The van der Waals surface area contributed by atoms with Crippen LogP contribution in [0.5, 0.6) is 5.75 Å². The topological polar surface area (TPSA) is 104 Å². The summed E-state index contributed by atoms with van der Waals surface area (Å²) in [5, 5.41) is 11.3. The maximum absolute atomic E-state index is 13.4. The van der Waals surface area contributed by atoms with E-state index in [-0.39, 0.29) is 17.3 Å². The van der Waals surface area contributed by atoms with Crippen LogP contribution in [0.2, 0.25) is 5.02 Å². The summed E-state index contributed by atoms with van der Waals surface area (Å²) in [6.07, 6.45) is 0. The summed E-state index contributed by atoms with van der Waals surface area (Å²) in [6, 6.07) is 8.20. The van der Waals surface area contributed by atoms with Crippen molar-refractivity contribution in [3.8, 4) is 5.75 Å². The minimum absolute atomic E-state index is 0.129. The van der Waals surface area contributed by atoms with E-state index in [4.69, 9.17) is 16.3 Å². The lowest BCUT2D eigenvalue weighted by Gasteiger charge is -2.20. The van der Waals surface area contributed by atoms with Crippen molar-refractivity contribution in [1.29, 1.82) is 0 Å². The molecule has 0 bridgehead atoms. The number of hydrogen-bond acceptors (Lipinski definition) is 7. The molecule has 0 aromatic heterocycles. The maximum atomic E-state index is 13.4. The number of rotatable bonds is 6. The van der Waals surface area contributed by atoms with Crippen molar-refractivity contribution in [3.63, 3.8) is 0 Å².